The molecule has 134 valence electrons. The molecule has 0 radical (unpaired) electrons. The molecule has 9 heteroatoms. The van der Waals surface area contributed by atoms with Gasteiger partial charge in [0, 0.05) is 17.8 Å². The summed E-state index contributed by atoms with van der Waals surface area (Å²) in [7, 11) is 3.02. The second kappa shape index (κ2) is 7.93. The van der Waals surface area contributed by atoms with Crippen LogP contribution in [-0.4, -0.2) is 25.7 Å². The first-order valence-corrected chi connectivity index (χ1v) is 7.37. The molecule has 0 aliphatic heterocycles. The molecule has 2 N–H and O–H groups in total. The van der Waals surface area contributed by atoms with Crippen LogP contribution in [-0.2, 0) is 0 Å². The van der Waals surface area contributed by atoms with Gasteiger partial charge in [-0.05, 0) is 36.5 Å². The Balaban J connectivity index is 2.09. The Morgan fingerprint density at radius 2 is 1.72 bits per heavy atom. The fourth-order valence-corrected chi connectivity index (χ4v) is 2.20. The van der Waals surface area contributed by atoms with Gasteiger partial charge >= 0.3 is 6.36 Å². The highest BCUT2D eigenvalue weighted by Gasteiger charge is 2.31. The molecular formula is C16H15F3N2O3S. The number of anilines is 2. The van der Waals surface area contributed by atoms with Crippen molar-refractivity contribution < 1.29 is 27.4 Å². The highest BCUT2D eigenvalue weighted by Crippen LogP contribution is 2.29. The summed E-state index contributed by atoms with van der Waals surface area (Å²) in [5.41, 5.74) is 0.878. The molecule has 0 atom stereocenters. The van der Waals surface area contributed by atoms with Crippen LogP contribution in [0.1, 0.15) is 0 Å². The lowest BCUT2D eigenvalue weighted by Gasteiger charge is -2.15. The Hall–Kier alpha value is -2.68. The Kier molecular flexibility index (Phi) is 5.92. The van der Waals surface area contributed by atoms with Gasteiger partial charge in [-0.25, -0.2) is 0 Å². The van der Waals surface area contributed by atoms with E-state index >= 15 is 0 Å². The summed E-state index contributed by atoms with van der Waals surface area (Å²) in [5.74, 6) is 0.769. The molecule has 0 amide bonds. The van der Waals surface area contributed by atoms with Gasteiger partial charge in [-0.1, -0.05) is 6.07 Å². The number of ether oxygens (including phenoxy) is 3. The third-order valence-corrected chi connectivity index (χ3v) is 3.18. The summed E-state index contributed by atoms with van der Waals surface area (Å²) in [6.45, 7) is 0. The van der Waals surface area contributed by atoms with Gasteiger partial charge in [0.15, 0.2) is 5.11 Å². The molecule has 0 spiro atoms. The zero-order valence-electron chi connectivity index (χ0n) is 13.3. The lowest BCUT2D eigenvalue weighted by molar-refractivity contribution is -0.274. The smallest absolute Gasteiger partial charge is 0.497 e. The number of hydrogen-bond acceptors (Lipinski definition) is 4. The molecule has 2 aromatic rings. The molecule has 0 unspecified atom stereocenters. The van der Waals surface area contributed by atoms with Crippen LogP contribution in [0.5, 0.6) is 17.2 Å². The van der Waals surface area contributed by atoms with Gasteiger partial charge in [-0.15, -0.1) is 13.2 Å². The Morgan fingerprint density at radius 3 is 2.36 bits per heavy atom. The van der Waals surface area contributed by atoms with E-state index in [0.717, 1.165) is 0 Å². The van der Waals surface area contributed by atoms with E-state index in [1.165, 1.54) is 32.4 Å². The molecule has 2 aromatic carbocycles. The van der Waals surface area contributed by atoms with Crippen LogP contribution in [0.2, 0.25) is 0 Å². The van der Waals surface area contributed by atoms with Crippen molar-refractivity contribution in [2.24, 2.45) is 0 Å². The topological polar surface area (TPSA) is 51.8 Å². The maximum absolute atomic E-state index is 12.3. The average molecular weight is 372 g/mol. The van der Waals surface area contributed by atoms with Gasteiger partial charge < -0.3 is 24.8 Å². The van der Waals surface area contributed by atoms with Crippen LogP contribution in [0.25, 0.3) is 0 Å². The maximum atomic E-state index is 12.3. The van der Waals surface area contributed by atoms with Crippen LogP contribution >= 0.6 is 12.2 Å². The molecule has 0 bridgehead atoms. The summed E-state index contributed by atoms with van der Waals surface area (Å²) < 4.78 is 51.0. The van der Waals surface area contributed by atoms with Crippen molar-refractivity contribution in [2.75, 3.05) is 24.9 Å². The van der Waals surface area contributed by atoms with E-state index in [2.05, 4.69) is 15.4 Å². The third-order valence-electron chi connectivity index (χ3n) is 2.98. The van der Waals surface area contributed by atoms with E-state index in [0.29, 0.717) is 22.9 Å². The highest BCUT2D eigenvalue weighted by atomic mass is 32.1. The van der Waals surface area contributed by atoms with Gasteiger partial charge in [-0.2, -0.15) is 0 Å². The molecule has 2 rings (SSSR count). The van der Waals surface area contributed by atoms with Crippen LogP contribution in [0.3, 0.4) is 0 Å². The lowest BCUT2D eigenvalue weighted by atomic mass is 10.2. The van der Waals surface area contributed by atoms with Crippen molar-refractivity contribution in [3.8, 4) is 17.2 Å². The number of nitrogens with one attached hydrogen (secondary N) is 2. The number of thiocarbonyl (C=S) groups is 1. The Bertz CT molecular complexity index is 754. The molecule has 0 aromatic heterocycles. The SMILES string of the molecule is COc1ccc(OC)c(NC(=S)Nc2cccc(OC(F)(F)F)c2)c1. The largest absolute Gasteiger partial charge is 0.573 e. The van der Waals surface area contributed by atoms with Gasteiger partial charge in [0.25, 0.3) is 0 Å². The minimum absolute atomic E-state index is 0.163. The second-order valence-corrected chi connectivity index (χ2v) is 5.13. The van der Waals surface area contributed by atoms with Crippen molar-refractivity contribution in [3.63, 3.8) is 0 Å². The van der Waals surface area contributed by atoms with E-state index in [9.17, 15) is 13.2 Å². The standard InChI is InChI=1S/C16H15F3N2O3S/c1-22-11-6-7-14(23-2)13(9-11)21-15(25)20-10-4-3-5-12(8-10)24-16(17,18)19/h3-9H,1-2H3,(H2,20,21,25). The summed E-state index contributed by atoms with van der Waals surface area (Å²) in [6, 6.07) is 10.4. The first-order valence-electron chi connectivity index (χ1n) is 6.96. The summed E-state index contributed by atoms with van der Waals surface area (Å²) >= 11 is 5.18. The van der Waals surface area contributed by atoms with E-state index < -0.39 is 6.36 Å². The fraction of sp³-hybridized carbons (Fsp3) is 0.188. The number of benzene rings is 2. The van der Waals surface area contributed by atoms with Crippen LogP contribution in [0.4, 0.5) is 24.5 Å². The number of methoxy groups -OCH3 is 2. The normalized spacial score (nSPS) is 10.8. The van der Waals surface area contributed by atoms with Crippen molar-refractivity contribution in [3.05, 3.63) is 42.5 Å². The molecule has 0 aliphatic carbocycles. The highest BCUT2D eigenvalue weighted by molar-refractivity contribution is 7.80. The summed E-state index contributed by atoms with van der Waals surface area (Å²) in [6.07, 6.45) is -4.76. The monoisotopic (exact) mass is 372 g/mol. The number of hydrogen-bond donors (Lipinski definition) is 2. The van der Waals surface area contributed by atoms with E-state index in [1.54, 1.807) is 24.3 Å². The minimum Gasteiger partial charge on any atom is -0.497 e. The molecule has 0 fully saturated rings. The van der Waals surface area contributed by atoms with Crippen molar-refractivity contribution in [1.82, 2.24) is 0 Å². The number of halogens is 3. The zero-order valence-corrected chi connectivity index (χ0v) is 14.1. The second-order valence-electron chi connectivity index (χ2n) is 4.72. The van der Waals surface area contributed by atoms with Gasteiger partial charge in [0.1, 0.15) is 17.2 Å². The van der Waals surface area contributed by atoms with Gasteiger partial charge in [0.05, 0.1) is 19.9 Å². The summed E-state index contributed by atoms with van der Waals surface area (Å²) in [4.78, 5) is 0. The molecule has 0 heterocycles. The third kappa shape index (κ3) is 5.71. The van der Waals surface area contributed by atoms with E-state index in [4.69, 9.17) is 21.7 Å². The minimum atomic E-state index is -4.76. The Labute approximate surface area is 147 Å². The fourth-order valence-electron chi connectivity index (χ4n) is 1.97. The Morgan fingerprint density at radius 1 is 0.960 bits per heavy atom. The number of rotatable bonds is 5. The van der Waals surface area contributed by atoms with E-state index in [1.807, 2.05) is 0 Å². The molecule has 0 aliphatic rings. The molecule has 5 nitrogen and oxygen atoms in total. The van der Waals surface area contributed by atoms with Crippen molar-refractivity contribution >= 4 is 28.7 Å². The maximum Gasteiger partial charge on any atom is 0.573 e. The molecule has 25 heavy (non-hydrogen) atoms. The van der Waals surface area contributed by atoms with Crippen molar-refractivity contribution in [2.45, 2.75) is 6.36 Å². The van der Waals surface area contributed by atoms with Crippen LogP contribution in [0.15, 0.2) is 42.5 Å². The average Bonchev–Trinajstić information content (AvgIpc) is 2.53. The number of alkyl halides is 3. The molecule has 0 saturated carbocycles. The quantitative estimate of drug-likeness (QED) is 0.759. The zero-order chi connectivity index (χ0) is 18.4. The van der Waals surface area contributed by atoms with Crippen molar-refractivity contribution in [1.29, 1.82) is 0 Å². The molecular weight excluding hydrogens is 357 g/mol. The predicted octanol–water partition coefficient (Wildman–Crippen LogP) is 4.41. The van der Waals surface area contributed by atoms with Gasteiger partial charge in [0.2, 0.25) is 0 Å². The van der Waals surface area contributed by atoms with Crippen LogP contribution in [0, 0.1) is 0 Å². The molecule has 0 saturated heterocycles. The van der Waals surface area contributed by atoms with Crippen LogP contribution < -0.4 is 24.8 Å². The predicted molar refractivity (Wildman–Crippen MR) is 92.5 cm³/mol. The first-order chi connectivity index (χ1) is 11.8. The van der Waals surface area contributed by atoms with Gasteiger partial charge in [-0.3, -0.25) is 0 Å². The van der Waals surface area contributed by atoms with E-state index in [-0.39, 0.29) is 10.9 Å². The summed E-state index contributed by atoms with van der Waals surface area (Å²) in [5, 5.41) is 5.85. The first kappa shape index (κ1) is 18.7. The lowest BCUT2D eigenvalue weighted by Crippen LogP contribution is -2.20.